The van der Waals surface area contributed by atoms with Gasteiger partial charge in [-0.2, -0.15) is 0 Å². The molecule has 1 fully saturated rings. The third-order valence-electron chi connectivity index (χ3n) is 5.27. The van der Waals surface area contributed by atoms with E-state index >= 15 is 0 Å². The third-order valence-corrected chi connectivity index (χ3v) is 6.61. The second kappa shape index (κ2) is 7.65. The summed E-state index contributed by atoms with van der Waals surface area (Å²) < 4.78 is 0. The minimum Gasteiger partial charge on any atom is -0.329 e. The number of benzene rings is 1. The summed E-state index contributed by atoms with van der Waals surface area (Å²) in [4.78, 5) is 39.2. The van der Waals surface area contributed by atoms with Gasteiger partial charge in [0.15, 0.2) is 0 Å². The summed E-state index contributed by atoms with van der Waals surface area (Å²) >= 11 is 7.46. The van der Waals surface area contributed by atoms with E-state index < -0.39 is 6.04 Å². The second-order valence-corrected chi connectivity index (χ2v) is 8.63. The number of nitrogens with zero attached hydrogens (tertiary/aromatic N) is 1. The minimum absolute atomic E-state index is 0.172. The van der Waals surface area contributed by atoms with Crippen LogP contribution < -0.4 is 10.6 Å². The summed E-state index contributed by atoms with van der Waals surface area (Å²) in [5.74, 6) is -0.549. The van der Waals surface area contributed by atoms with E-state index in [0.29, 0.717) is 40.7 Å². The van der Waals surface area contributed by atoms with E-state index in [0.717, 1.165) is 16.7 Å². The number of thiophene rings is 1. The molecule has 0 radical (unpaired) electrons. The van der Waals surface area contributed by atoms with E-state index in [-0.39, 0.29) is 24.1 Å². The molecule has 8 heteroatoms. The maximum Gasteiger partial charge on any atom is 0.256 e. The molecule has 1 aromatic carbocycles. The Hall–Kier alpha value is -2.64. The van der Waals surface area contributed by atoms with Crippen molar-refractivity contribution in [2.75, 3.05) is 5.32 Å². The maximum absolute atomic E-state index is 12.8. The molecule has 6 nitrogen and oxygen atoms in total. The molecule has 0 bridgehead atoms. The molecular weight excluding hydrogens is 410 g/mol. The van der Waals surface area contributed by atoms with Crippen LogP contribution in [0.4, 0.5) is 5.00 Å². The van der Waals surface area contributed by atoms with Gasteiger partial charge in [-0.25, -0.2) is 0 Å². The zero-order valence-electron chi connectivity index (χ0n) is 15.9. The van der Waals surface area contributed by atoms with Gasteiger partial charge in [-0.05, 0) is 37.0 Å². The highest BCUT2D eigenvalue weighted by Crippen LogP contribution is 2.37. The second-order valence-electron chi connectivity index (χ2n) is 7.35. The zero-order valence-corrected chi connectivity index (χ0v) is 17.5. The summed E-state index contributed by atoms with van der Waals surface area (Å²) in [5, 5.41) is 8.66. The normalized spacial score (nSPS) is 18.6. The van der Waals surface area contributed by atoms with Crippen molar-refractivity contribution < 1.29 is 14.4 Å². The molecular formula is C21H20ClN3O3S. The number of aryl methyl sites for hydroxylation is 1. The Morgan fingerprint density at radius 3 is 2.93 bits per heavy atom. The fraction of sp³-hybridized carbons (Fsp3) is 0.286. The molecule has 0 saturated carbocycles. The van der Waals surface area contributed by atoms with Gasteiger partial charge < -0.3 is 15.5 Å². The van der Waals surface area contributed by atoms with Crippen LogP contribution in [-0.4, -0.2) is 28.7 Å². The number of amides is 3. The van der Waals surface area contributed by atoms with Crippen molar-refractivity contribution in [1.29, 1.82) is 0 Å². The number of carbonyl (C=O) groups is 3. The Morgan fingerprint density at radius 1 is 1.41 bits per heavy atom. The van der Waals surface area contributed by atoms with Crippen molar-refractivity contribution in [1.82, 2.24) is 10.2 Å². The number of nitrogens with one attached hydrogen (secondary N) is 2. The van der Waals surface area contributed by atoms with Crippen molar-refractivity contribution in [3.05, 3.63) is 63.1 Å². The first-order valence-electron chi connectivity index (χ1n) is 9.28. The lowest BCUT2D eigenvalue weighted by molar-refractivity contribution is -0.126. The van der Waals surface area contributed by atoms with Gasteiger partial charge in [-0.1, -0.05) is 30.3 Å². The Labute approximate surface area is 177 Å². The Morgan fingerprint density at radius 2 is 2.21 bits per heavy atom. The first-order chi connectivity index (χ1) is 13.8. The molecule has 2 aliphatic heterocycles. The van der Waals surface area contributed by atoms with Gasteiger partial charge in [0.25, 0.3) is 5.91 Å². The van der Waals surface area contributed by atoms with Gasteiger partial charge in [-0.3, -0.25) is 14.4 Å². The Bertz CT molecular complexity index is 1050. The van der Waals surface area contributed by atoms with Crippen molar-refractivity contribution >= 4 is 45.7 Å². The molecule has 3 amide bonds. The van der Waals surface area contributed by atoms with E-state index in [1.54, 1.807) is 16.3 Å². The van der Waals surface area contributed by atoms with Gasteiger partial charge >= 0.3 is 0 Å². The lowest BCUT2D eigenvalue weighted by atomic mass is 10.0. The van der Waals surface area contributed by atoms with Crippen LogP contribution >= 0.6 is 22.9 Å². The highest BCUT2D eigenvalue weighted by Gasteiger charge is 2.40. The van der Waals surface area contributed by atoms with Crippen molar-refractivity contribution in [3.8, 4) is 0 Å². The molecule has 3 heterocycles. The molecule has 2 aliphatic rings. The number of allylic oxidation sites excluding steroid dienone is 1. The summed E-state index contributed by atoms with van der Waals surface area (Å²) in [6, 6.07) is 5.04. The summed E-state index contributed by atoms with van der Waals surface area (Å²) in [7, 11) is 0. The highest BCUT2D eigenvalue weighted by molar-refractivity contribution is 7.15. The van der Waals surface area contributed by atoms with Crippen molar-refractivity contribution in [2.24, 2.45) is 0 Å². The number of fused-ring (bicyclic) bond motifs is 1. The van der Waals surface area contributed by atoms with Crippen LogP contribution in [0.2, 0.25) is 5.02 Å². The van der Waals surface area contributed by atoms with Crippen LogP contribution in [0.15, 0.2) is 35.9 Å². The number of halogens is 1. The van der Waals surface area contributed by atoms with Crippen LogP contribution in [-0.2, 0) is 22.6 Å². The third kappa shape index (κ3) is 3.80. The van der Waals surface area contributed by atoms with Crippen molar-refractivity contribution in [3.63, 3.8) is 0 Å². The number of anilines is 1. The average molecular weight is 430 g/mol. The Balaban J connectivity index is 1.46. The van der Waals surface area contributed by atoms with Crippen LogP contribution in [0, 0.1) is 6.92 Å². The molecule has 2 N–H and O–H groups in total. The standard InChI is InChI=1S/C21H20ClN3O3S/c1-11-3-5-13(7-16(11)22)8-18(26)24-20-14-9-25(21(28)15(14)10-29-20)17-6-4-12(2)23-19(17)27/h3,5,7,10,17H,2,4,6,8-9H2,1H3,(H,23,27)(H,24,26). The molecule has 4 rings (SSSR count). The average Bonchev–Trinajstić information content (AvgIpc) is 3.19. The highest BCUT2D eigenvalue weighted by atomic mass is 35.5. The predicted molar refractivity (Wildman–Crippen MR) is 113 cm³/mol. The lowest BCUT2D eigenvalue weighted by Gasteiger charge is -2.31. The lowest BCUT2D eigenvalue weighted by Crippen LogP contribution is -2.49. The largest absolute Gasteiger partial charge is 0.329 e. The predicted octanol–water partition coefficient (Wildman–Crippen LogP) is 3.64. The van der Waals surface area contributed by atoms with Gasteiger partial charge in [0, 0.05) is 21.7 Å². The van der Waals surface area contributed by atoms with E-state index in [4.69, 9.17) is 11.6 Å². The smallest absolute Gasteiger partial charge is 0.256 e. The first kappa shape index (κ1) is 19.7. The van der Waals surface area contributed by atoms with Crippen LogP contribution in [0.3, 0.4) is 0 Å². The van der Waals surface area contributed by atoms with Crippen LogP contribution in [0.1, 0.15) is 39.9 Å². The topological polar surface area (TPSA) is 78.5 Å². The monoisotopic (exact) mass is 429 g/mol. The molecule has 1 aromatic heterocycles. The fourth-order valence-corrected chi connectivity index (χ4v) is 4.81. The maximum atomic E-state index is 12.8. The molecule has 1 atom stereocenters. The van der Waals surface area contributed by atoms with Gasteiger partial charge in [-0.15, -0.1) is 11.3 Å². The first-order valence-corrected chi connectivity index (χ1v) is 10.5. The van der Waals surface area contributed by atoms with E-state index in [1.165, 1.54) is 11.3 Å². The van der Waals surface area contributed by atoms with Gasteiger partial charge in [0.05, 0.1) is 18.5 Å². The number of hydrogen-bond acceptors (Lipinski definition) is 4. The molecule has 1 saturated heterocycles. The number of carbonyl (C=O) groups excluding carboxylic acids is 3. The van der Waals surface area contributed by atoms with E-state index in [1.807, 2.05) is 19.1 Å². The molecule has 0 aliphatic carbocycles. The summed E-state index contributed by atoms with van der Waals surface area (Å²) in [6.07, 6.45) is 1.40. The number of rotatable bonds is 4. The van der Waals surface area contributed by atoms with Crippen molar-refractivity contribution in [2.45, 2.75) is 38.8 Å². The van der Waals surface area contributed by atoms with Crippen LogP contribution in [0.25, 0.3) is 0 Å². The quantitative estimate of drug-likeness (QED) is 0.778. The molecule has 150 valence electrons. The number of piperidine rings is 1. The zero-order chi connectivity index (χ0) is 20.7. The Kier molecular flexibility index (Phi) is 5.19. The minimum atomic E-state index is -0.511. The van der Waals surface area contributed by atoms with E-state index in [2.05, 4.69) is 17.2 Å². The van der Waals surface area contributed by atoms with E-state index in [9.17, 15) is 14.4 Å². The van der Waals surface area contributed by atoms with Crippen LogP contribution in [0.5, 0.6) is 0 Å². The summed E-state index contributed by atoms with van der Waals surface area (Å²) in [6.45, 7) is 6.00. The molecule has 1 unspecified atom stereocenters. The number of hydrogen-bond donors (Lipinski definition) is 2. The van der Waals surface area contributed by atoms with Gasteiger partial charge in [0.1, 0.15) is 11.0 Å². The van der Waals surface area contributed by atoms with Gasteiger partial charge in [0.2, 0.25) is 11.8 Å². The molecule has 0 spiro atoms. The fourth-order valence-electron chi connectivity index (χ4n) is 3.63. The molecule has 29 heavy (non-hydrogen) atoms. The molecule has 2 aromatic rings. The SMILES string of the molecule is C=C1CCC(N2Cc3c(csc3NC(=O)Cc3ccc(C)c(Cl)c3)C2=O)C(=O)N1. The summed E-state index contributed by atoms with van der Waals surface area (Å²) in [5.41, 5.74) is 3.79.